The highest BCUT2D eigenvalue weighted by atomic mass is 127. The fraction of sp³-hybridized carbons (Fsp3) is 0.944. The van der Waals surface area contributed by atoms with E-state index < -0.39 is 0 Å². The normalized spacial score (nSPS) is 25.9. The van der Waals surface area contributed by atoms with Crippen molar-refractivity contribution < 1.29 is 0 Å². The maximum Gasteiger partial charge on any atom is 0.191 e. The van der Waals surface area contributed by atoms with Crippen LogP contribution in [0, 0.1) is 5.92 Å². The van der Waals surface area contributed by atoms with Gasteiger partial charge in [0.15, 0.2) is 5.96 Å². The molecule has 1 aliphatic carbocycles. The second kappa shape index (κ2) is 12.3. The summed E-state index contributed by atoms with van der Waals surface area (Å²) in [5.74, 6) is 1.94. The van der Waals surface area contributed by atoms with E-state index in [4.69, 9.17) is 4.99 Å². The Hall–Kier alpha value is -0.0400. The summed E-state index contributed by atoms with van der Waals surface area (Å²) < 4.78 is 0. The summed E-state index contributed by atoms with van der Waals surface area (Å²) in [4.78, 5) is 7.36. The number of unbranched alkanes of at least 4 members (excludes halogenated alkanes) is 1. The van der Waals surface area contributed by atoms with Crippen molar-refractivity contribution in [3.63, 3.8) is 0 Å². The predicted molar refractivity (Wildman–Crippen MR) is 111 cm³/mol. The van der Waals surface area contributed by atoms with Crippen molar-refractivity contribution >= 4 is 29.9 Å². The molecular weight excluding hydrogens is 399 g/mol. The monoisotopic (exact) mass is 436 g/mol. The first-order chi connectivity index (χ1) is 10.8. The van der Waals surface area contributed by atoms with E-state index in [-0.39, 0.29) is 24.0 Å². The van der Waals surface area contributed by atoms with E-state index in [9.17, 15) is 0 Å². The fourth-order valence-electron chi connectivity index (χ4n) is 3.56. The second-order valence-corrected chi connectivity index (χ2v) is 7.12. The minimum absolute atomic E-state index is 0. The van der Waals surface area contributed by atoms with Gasteiger partial charge in [0.2, 0.25) is 0 Å². The van der Waals surface area contributed by atoms with E-state index >= 15 is 0 Å². The first-order valence-corrected chi connectivity index (χ1v) is 9.55. The molecular formula is C18H37IN4. The zero-order chi connectivity index (χ0) is 15.6. The van der Waals surface area contributed by atoms with Gasteiger partial charge in [-0.1, -0.05) is 6.92 Å². The standard InChI is InChI=1S/C18H36N4.HI/c1-3-19-18(21-17-10-8-16(2)9-11-17)20-12-4-5-13-22-14-6-7-15-22;/h16-17H,3-15H2,1-2H3,(H2,19,20,21);1H. The molecule has 0 unspecified atom stereocenters. The van der Waals surface area contributed by atoms with Crippen molar-refractivity contribution in [3.8, 4) is 0 Å². The summed E-state index contributed by atoms with van der Waals surface area (Å²) in [5, 5.41) is 7.04. The van der Waals surface area contributed by atoms with Gasteiger partial charge in [0.05, 0.1) is 0 Å². The fourth-order valence-corrected chi connectivity index (χ4v) is 3.56. The van der Waals surface area contributed by atoms with Gasteiger partial charge >= 0.3 is 0 Å². The molecule has 136 valence electrons. The molecule has 0 radical (unpaired) electrons. The molecule has 0 amide bonds. The van der Waals surface area contributed by atoms with Crippen LogP contribution in [0.25, 0.3) is 0 Å². The number of nitrogens with one attached hydrogen (secondary N) is 2. The van der Waals surface area contributed by atoms with Gasteiger partial charge in [0, 0.05) is 19.1 Å². The highest BCUT2D eigenvalue weighted by Gasteiger charge is 2.18. The Kier molecular flexibility index (Phi) is 11.3. The van der Waals surface area contributed by atoms with Crippen molar-refractivity contribution in [1.82, 2.24) is 15.5 Å². The van der Waals surface area contributed by atoms with Crippen molar-refractivity contribution in [2.75, 3.05) is 32.7 Å². The maximum absolute atomic E-state index is 4.77. The van der Waals surface area contributed by atoms with Crippen molar-refractivity contribution in [3.05, 3.63) is 0 Å². The lowest BCUT2D eigenvalue weighted by atomic mass is 9.87. The molecule has 2 fully saturated rings. The molecule has 0 aromatic carbocycles. The number of rotatable bonds is 7. The quantitative estimate of drug-likeness (QED) is 0.277. The van der Waals surface area contributed by atoms with Crippen LogP contribution in [-0.2, 0) is 0 Å². The van der Waals surface area contributed by atoms with Crippen LogP contribution in [0.1, 0.15) is 65.2 Å². The van der Waals surface area contributed by atoms with E-state index in [1.165, 1.54) is 71.0 Å². The van der Waals surface area contributed by atoms with Crippen LogP contribution in [0.4, 0.5) is 0 Å². The summed E-state index contributed by atoms with van der Waals surface area (Å²) in [5.41, 5.74) is 0. The number of aliphatic imine (C=N–C) groups is 1. The average Bonchev–Trinajstić information content (AvgIpc) is 3.02. The third-order valence-electron chi connectivity index (χ3n) is 5.05. The molecule has 1 saturated carbocycles. The van der Waals surface area contributed by atoms with Crippen LogP contribution >= 0.6 is 24.0 Å². The van der Waals surface area contributed by atoms with E-state index in [1.807, 2.05) is 0 Å². The smallest absolute Gasteiger partial charge is 0.191 e. The minimum atomic E-state index is 0. The Balaban J connectivity index is 0.00000264. The predicted octanol–water partition coefficient (Wildman–Crippen LogP) is 3.61. The van der Waals surface area contributed by atoms with E-state index in [0.717, 1.165) is 25.0 Å². The number of likely N-dealkylation sites (tertiary alicyclic amines) is 1. The Bertz CT molecular complexity index is 321. The molecule has 2 rings (SSSR count). The highest BCUT2D eigenvalue weighted by molar-refractivity contribution is 14.0. The van der Waals surface area contributed by atoms with Gasteiger partial charge in [0.1, 0.15) is 0 Å². The summed E-state index contributed by atoms with van der Waals surface area (Å²) in [7, 11) is 0. The summed E-state index contributed by atoms with van der Waals surface area (Å²) in [6.07, 6.45) is 10.6. The Morgan fingerprint density at radius 2 is 1.78 bits per heavy atom. The maximum atomic E-state index is 4.77. The van der Waals surface area contributed by atoms with Gasteiger partial charge in [0.25, 0.3) is 0 Å². The minimum Gasteiger partial charge on any atom is -0.357 e. The van der Waals surface area contributed by atoms with Gasteiger partial charge < -0.3 is 15.5 Å². The van der Waals surface area contributed by atoms with Crippen molar-refractivity contribution in [1.29, 1.82) is 0 Å². The Morgan fingerprint density at radius 1 is 1.09 bits per heavy atom. The largest absolute Gasteiger partial charge is 0.357 e. The van der Waals surface area contributed by atoms with E-state index in [2.05, 4.69) is 29.4 Å². The lowest BCUT2D eigenvalue weighted by Crippen LogP contribution is -2.44. The summed E-state index contributed by atoms with van der Waals surface area (Å²) in [6, 6.07) is 0.624. The van der Waals surface area contributed by atoms with Gasteiger partial charge in [-0.25, -0.2) is 0 Å². The van der Waals surface area contributed by atoms with Crippen molar-refractivity contribution in [2.24, 2.45) is 10.9 Å². The third-order valence-corrected chi connectivity index (χ3v) is 5.05. The molecule has 23 heavy (non-hydrogen) atoms. The lowest BCUT2D eigenvalue weighted by Gasteiger charge is -2.28. The molecule has 1 saturated heterocycles. The van der Waals surface area contributed by atoms with Crippen LogP contribution in [0.15, 0.2) is 4.99 Å². The summed E-state index contributed by atoms with van der Waals surface area (Å²) in [6.45, 7) is 10.3. The molecule has 5 heteroatoms. The van der Waals surface area contributed by atoms with Crippen LogP contribution in [-0.4, -0.2) is 49.6 Å². The topological polar surface area (TPSA) is 39.7 Å². The van der Waals surface area contributed by atoms with Gasteiger partial charge in [-0.15, -0.1) is 24.0 Å². The van der Waals surface area contributed by atoms with Gasteiger partial charge in [-0.05, 0) is 83.8 Å². The van der Waals surface area contributed by atoms with Crippen LogP contribution in [0.3, 0.4) is 0 Å². The zero-order valence-electron chi connectivity index (χ0n) is 15.1. The number of hydrogen-bond acceptors (Lipinski definition) is 2. The van der Waals surface area contributed by atoms with Crippen LogP contribution < -0.4 is 10.6 Å². The van der Waals surface area contributed by atoms with Crippen LogP contribution in [0.5, 0.6) is 0 Å². The van der Waals surface area contributed by atoms with E-state index in [0.29, 0.717) is 6.04 Å². The lowest BCUT2D eigenvalue weighted by molar-refractivity contribution is 0.328. The number of guanidine groups is 1. The molecule has 4 nitrogen and oxygen atoms in total. The molecule has 0 atom stereocenters. The van der Waals surface area contributed by atoms with E-state index in [1.54, 1.807) is 0 Å². The zero-order valence-corrected chi connectivity index (χ0v) is 17.5. The molecule has 1 heterocycles. The molecule has 0 aromatic heterocycles. The number of halogens is 1. The van der Waals surface area contributed by atoms with Crippen LogP contribution in [0.2, 0.25) is 0 Å². The number of hydrogen-bond donors (Lipinski definition) is 2. The van der Waals surface area contributed by atoms with Gasteiger partial charge in [-0.3, -0.25) is 4.99 Å². The summed E-state index contributed by atoms with van der Waals surface area (Å²) >= 11 is 0. The second-order valence-electron chi connectivity index (χ2n) is 7.12. The SMILES string of the molecule is CCNC(=NCCCCN1CCCC1)NC1CCC(C)CC1.I. The molecule has 0 spiro atoms. The highest BCUT2D eigenvalue weighted by Crippen LogP contribution is 2.23. The average molecular weight is 436 g/mol. The Labute approximate surface area is 160 Å². The van der Waals surface area contributed by atoms with Gasteiger partial charge in [-0.2, -0.15) is 0 Å². The first-order valence-electron chi connectivity index (χ1n) is 9.55. The first kappa shape index (κ1) is 21.0. The third kappa shape index (κ3) is 8.57. The molecule has 0 bridgehead atoms. The number of nitrogens with zero attached hydrogens (tertiary/aromatic N) is 2. The molecule has 2 N–H and O–H groups in total. The molecule has 2 aliphatic rings. The molecule has 1 aliphatic heterocycles. The Morgan fingerprint density at radius 3 is 2.43 bits per heavy atom. The van der Waals surface area contributed by atoms with Crippen molar-refractivity contribution in [2.45, 2.75) is 71.3 Å². The molecule has 0 aromatic rings.